The second kappa shape index (κ2) is 8.56. The molecule has 142 valence electrons. The fourth-order valence-corrected chi connectivity index (χ4v) is 3.43. The minimum absolute atomic E-state index is 0.107. The summed E-state index contributed by atoms with van der Waals surface area (Å²) in [5, 5.41) is 3.08. The van der Waals surface area contributed by atoms with Gasteiger partial charge in [-0.05, 0) is 43.7 Å². The van der Waals surface area contributed by atoms with Crippen molar-refractivity contribution in [2.45, 2.75) is 65.0 Å². The van der Waals surface area contributed by atoms with Gasteiger partial charge in [0.1, 0.15) is 12.4 Å². The second-order valence-electron chi connectivity index (χ2n) is 7.41. The quantitative estimate of drug-likeness (QED) is 0.815. The third kappa shape index (κ3) is 4.77. The summed E-state index contributed by atoms with van der Waals surface area (Å²) in [5.74, 6) is 1.46. The summed E-state index contributed by atoms with van der Waals surface area (Å²) >= 11 is 0. The van der Waals surface area contributed by atoms with E-state index in [0.717, 1.165) is 42.6 Å². The molecule has 5 nitrogen and oxygen atoms in total. The van der Waals surface area contributed by atoms with Crippen LogP contribution in [-0.2, 0) is 22.6 Å². The first-order valence-corrected chi connectivity index (χ1v) is 9.93. The van der Waals surface area contributed by atoms with Gasteiger partial charge in [-0.2, -0.15) is 0 Å². The largest absolute Gasteiger partial charge is 0.491 e. The molecule has 1 aliphatic carbocycles. The third-order valence-corrected chi connectivity index (χ3v) is 5.33. The maximum atomic E-state index is 12.4. The van der Waals surface area contributed by atoms with Crippen LogP contribution in [0.1, 0.15) is 57.1 Å². The highest BCUT2D eigenvalue weighted by Gasteiger charge is 2.34. The molecule has 1 fully saturated rings. The number of ether oxygens (including phenoxy) is 1. The van der Waals surface area contributed by atoms with Crippen molar-refractivity contribution in [2.75, 3.05) is 13.2 Å². The number of nitrogens with one attached hydrogen (secondary N) is 1. The molecule has 0 radical (unpaired) electrons. The van der Waals surface area contributed by atoms with Crippen LogP contribution in [0.5, 0.6) is 5.75 Å². The fraction of sp³-hybridized carbons (Fsp3) is 0.619. The summed E-state index contributed by atoms with van der Waals surface area (Å²) in [6, 6.07) is 6.37. The molecule has 5 heteroatoms. The topological polar surface area (TPSA) is 58.6 Å². The van der Waals surface area contributed by atoms with Crippen molar-refractivity contribution in [1.82, 2.24) is 10.2 Å². The molecule has 0 atom stereocenters. The van der Waals surface area contributed by atoms with Crippen LogP contribution < -0.4 is 10.1 Å². The molecule has 1 N–H and O–H groups in total. The summed E-state index contributed by atoms with van der Waals surface area (Å²) in [7, 11) is 0. The van der Waals surface area contributed by atoms with Crippen molar-refractivity contribution in [1.29, 1.82) is 0 Å². The minimum atomic E-state index is 0.107. The van der Waals surface area contributed by atoms with E-state index in [1.165, 1.54) is 0 Å². The summed E-state index contributed by atoms with van der Waals surface area (Å²) in [6.45, 7) is 5.99. The Kier molecular flexibility index (Phi) is 6.17. The van der Waals surface area contributed by atoms with Crippen LogP contribution in [0, 0.1) is 5.92 Å². The lowest BCUT2D eigenvalue weighted by Gasteiger charge is -2.19. The van der Waals surface area contributed by atoms with Gasteiger partial charge in [-0.1, -0.05) is 26.0 Å². The number of carbonyl (C=O) groups excluding carboxylic acids is 2. The van der Waals surface area contributed by atoms with Crippen molar-refractivity contribution in [3.05, 3.63) is 29.3 Å². The Hall–Kier alpha value is -2.04. The van der Waals surface area contributed by atoms with Gasteiger partial charge in [0, 0.05) is 30.5 Å². The van der Waals surface area contributed by atoms with Gasteiger partial charge in [0.2, 0.25) is 11.8 Å². The molecule has 1 saturated carbocycles. The molecule has 26 heavy (non-hydrogen) atoms. The molecule has 3 rings (SSSR count). The Balaban J connectivity index is 1.60. The Labute approximate surface area is 156 Å². The van der Waals surface area contributed by atoms with Gasteiger partial charge in [-0.25, -0.2) is 0 Å². The normalized spacial score (nSPS) is 16.7. The van der Waals surface area contributed by atoms with Crippen molar-refractivity contribution in [3.8, 4) is 5.75 Å². The minimum Gasteiger partial charge on any atom is -0.491 e. The highest BCUT2D eigenvalue weighted by atomic mass is 16.5. The summed E-state index contributed by atoms with van der Waals surface area (Å²) < 4.78 is 5.82. The molecular formula is C21H30N2O3. The fourth-order valence-electron chi connectivity index (χ4n) is 3.43. The molecule has 0 spiro atoms. The number of hydrogen-bond donors (Lipinski definition) is 1. The number of benzene rings is 1. The Morgan fingerprint density at radius 3 is 2.73 bits per heavy atom. The number of hydrogen-bond acceptors (Lipinski definition) is 3. The van der Waals surface area contributed by atoms with E-state index in [2.05, 4.69) is 25.2 Å². The Morgan fingerprint density at radius 2 is 2.04 bits per heavy atom. The standard InChI is InChI=1S/C21H30N2O3/c1-3-18(4-2)22-20(24)10-6-15-5-9-19-17(13-15)14-23(11-12-26-19)21(25)16-7-8-16/h5,9,13,16,18H,3-4,6-8,10-12,14H2,1-2H3,(H,22,24). The van der Waals surface area contributed by atoms with Gasteiger partial charge in [-0.15, -0.1) is 0 Å². The average Bonchev–Trinajstić information content (AvgIpc) is 3.50. The monoisotopic (exact) mass is 358 g/mol. The molecule has 1 aliphatic heterocycles. The van der Waals surface area contributed by atoms with Crippen LogP contribution in [0.15, 0.2) is 18.2 Å². The van der Waals surface area contributed by atoms with Crippen LogP contribution >= 0.6 is 0 Å². The zero-order valence-corrected chi connectivity index (χ0v) is 15.9. The lowest BCUT2D eigenvalue weighted by molar-refractivity contribution is -0.133. The molecule has 1 aromatic rings. The molecule has 1 heterocycles. The summed E-state index contributed by atoms with van der Waals surface area (Å²) in [5.41, 5.74) is 2.17. The number of carbonyl (C=O) groups is 2. The molecular weight excluding hydrogens is 328 g/mol. The van der Waals surface area contributed by atoms with E-state index in [4.69, 9.17) is 4.74 Å². The van der Waals surface area contributed by atoms with E-state index < -0.39 is 0 Å². The van der Waals surface area contributed by atoms with E-state index in [-0.39, 0.29) is 23.8 Å². The highest BCUT2D eigenvalue weighted by molar-refractivity contribution is 5.81. The van der Waals surface area contributed by atoms with Gasteiger partial charge >= 0.3 is 0 Å². The zero-order chi connectivity index (χ0) is 18.5. The highest BCUT2D eigenvalue weighted by Crippen LogP contribution is 2.33. The molecule has 0 aromatic heterocycles. The predicted octanol–water partition coefficient (Wildman–Crippen LogP) is 3.06. The molecule has 2 amide bonds. The van der Waals surface area contributed by atoms with Crippen molar-refractivity contribution >= 4 is 11.8 Å². The SMILES string of the molecule is CCC(CC)NC(=O)CCc1ccc2c(c1)CN(C(=O)C1CC1)CCO2. The third-order valence-electron chi connectivity index (χ3n) is 5.33. The molecule has 0 bridgehead atoms. The van der Waals surface area contributed by atoms with Crippen molar-refractivity contribution in [3.63, 3.8) is 0 Å². The van der Waals surface area contributed by atoms with Crippen molar-refractivity contribution < 1.29 is 14.3 Å². The summed E-state index contributed by atoms with van der Waals surface area (Å²) in [4.78, 5) is 26.4. The number of rotatable bonds is 7. The first-order valence-electron chi connectivity index (χ1n) is 9.93. The van der Waals surface area contributed by atoms with E-state index in [9.17, 15) is 9.59 Å². The Bertz CT molecular complexity index is 651. The maximum Gasteiger partial charge on any atom is 0.226 e. The maximum absolute atomic E-state index is 12.4. The number of amides is 2. The zero-order valence-electron chi connectivity index (χ0n) is 15.9. The number of fused-ring (bicyclic) bond motifs is 1. The first-order chi connectivity index (χ1) is 12.6. The van der Waals surface area contributed by atoms with Gasteiger partial charge in [0.05, 0.1) is 6.54 Å². The van der Waals surface area contributed by atoms with E-state index in [1.807, 2.05) is 17.0 Å². The lowest BCUT2D eigenvalue weighted by Crippen LogP contribution is -2.34. The van der Waals surface area contributed by atoms with Gasteiger partial charge in [-0.3, -0.25) is 9.59 Å². The number of aryl methyl sites for hydroxylation is 1. The van der Waals surface area contributed by atoms with Gasteiger partial charge in [0.15, 0.2) is 0 Å². The van der Waals surface area contributed by atoms with E-state index in [0.29, 0.717) is 32.5 Å². The van der Waals surface area contributed by atoms with Crippen LogP contribution in [0.3, 0.4) is 0 Å². The lowest BCUT2D eigenvalue weighted by atomic mass is 10.0. The van der Waals surface area contributed by atoms with Crippen molar-refractivity contribution in [2.24, 2.45) is 5.92 Å². The first kappa shape index (κ1) is 18.7. The molecule has 2 aliphatic rings. The van der Waals surface area contributed by atoms with E-state index in [1.54, 1.807) is 0 Å². The molecule has 1 aromatic carbocycles. The van der Waals surface area contributed by atoms with Crippen LogP contribution in [-0.4, -0.2) is 35.9 Å². The van der Waals surface area contributed by atoms with Crippen LogP contribution in [0.25, 0.3) is 0 Å². The molecule has 0 unspecified atom stereocenters. The van der Waals surface area contributed by atoms with E-state index >= 15 is 0 Å². The predicted molar refractivity (Wildman–Crippen MR) is 101 cm³/mol. The van der Waals surface area contributed by atoms with Gasteiger partial charge in [0.25, 0.3) is 0 Å². The molecule has 0 saturated heterocycles. The Morgan fingerprint density at radius 1 is 1.27 bits per heavy atom. The second-order valence-corrected chi connectivity index (χ2v) is 7.41. The van der Waals surface area contributed by atoms with Gasteiger partial charge < -0.3 is 15.0 Å². The number of nitrogens with zero attached hydrogens (tertiary/aromatic N) is 1. The van der Waals surface area contributed by atoms with Crippen LogP contribution in [0.4, 0.5) is 0 Å². The average molecular weight is 358 g/mol. The van der Waals surface area contributed by atoms with Crippen LogP contribution in [0.2, 0.25) is 0 Å². The summed E-state index contributed by atoms with van der Waals surface area (Å²) in [6.07, 6.45) is 5.16. The smallest absolute Gasteiger partial charge is 0.226 e.